The molecule has 1 N–H and O–H groups in total. The van der Waals surface area contributed by atoms with E-state index >= 15 is 0 Å². The normalized spacial score (nSPS) is 21.6. The van der Waals surface area contributed by atoms with Gasteiger partial charge in [-0.05, 0) is 44.6 Å². The number of hydrogen-bond donors (Lipinski definition) is 1. The molecule has 1 fully saturated rings. The number of nitrogens with one attached hydrogen (secondary N) is 1. The van der Waals surface area contributed by atoms with Crippen LogP contribution in [0.25, 0.3) is 0 Å². The number of hydrogen-bond acceptors (Lipinski definition) is 2. The molecule has 0 amide bonds. The number of rotatable bonds is 10. The molecular weight excluding hydrogens is 210 g/mol. The summed E-state index contributed by atoms with van der Waals surface area (Å²) in [5.74, 6) is 0.751. The van der Waals surface area contributed by atoms with Crippen LogP contribution in [-0.4, -0.2) is 25.8 Å². The molecule has 0 saturated carbocycles. The number of allylic oxidation sites excluding steroid dienone is 1. The summed E-state index contributed by atoms with van der Waals surface area (Å²) in [7, 11) is 0. The zero-order chi connectivity index (χ0) is 12.3. The fraction of sp³-hybridized carbons (Fsp3) is 0.867. The lowest BCUT2D eigenvalue weighted by atomic mass is 9.93. The van der Waals surface area contributed by atoms with E-state index in [-0.39, 0.29) is 0 Å². The van der Waals surface area contributed by atoms with Crippen LogP contribution in [0.4, 0.5) is 0 Å². The van der Waals surface area contributed by atoms with Gasteiger partial charge in [-0.15, -0.1) is 6.58 Å². The van der Waals surface area contributed by atoms with Gasteiger partial charge in [-0.3, -0.25) is 0 Å². The van der Waals surface area contributed by atoms with Crippen LogP contribution in [0.15, 0.2) is 12.7 Å². The highest BCUT2D eigenvalue weighted by Gasteiger charge is 2.24. The Hall–Kier alpha value is -0.340. The van der Waals surface area contributed by atoms with Crippen molar-refractivity contribution < 1.29 is 4.74 Å². The van der Waals surface area contributed by atoms with Crippen LogP contribution in [0, 0.1) is 5.92 Å². The SMILES string of the molecule is C=CCCCCCC(NCCC)C1CCOC1. The van der Waals surface area contributed by atoms with Crippen molar-refractivity contribution in [2.75, 3.05) is 19.8 Å². The molecule has 1 aliphatic heterocycles. The van der Waals surface area contributed by atoms with E-state index < -0.39 is 0 Å². The Bertz CT molecular complexity index is 187. The van der Waals surface area contributed by atoms with Crippen molar-refractivity contribution in [1.82, 2.24) is 5.32 Å². The Morgan fingerprint density at radius 3 is 2.94 bits per heavy atom. The first-order chi connectivity index (χ1) is 8.38. The van der Waals surface area contributed by atoms with Crippen LogP contribution in [-0.2, 0) is 4.74 Å². The van der Waals surface area contributed by atoms with Crippen molar-refractivity contribution in [2.24, 2.45) is 5.92 Å². The first kappa shape index (κ1) is 14.7. The highest BCUT2D eigenvalue weighted by Crippen LogP contribution is 2.21. The standard InChI is InChI=1S/C15H29NO/c1-3-5-6-7-8-9-15(16-11-4-2)14-10-12-17-13-14/h3,14-16H,1,4-13H2,2H3. The molecule has 17 heavy (non-hydrogen) atoms. The van der Waals surface area contributed by atoms with Crippen molar-refractivity contribution in [2.45, 2.75) is 57.9 Å². The summed E-state index contributed by atoms with van der Waals surface area (Å²) in [5.41, 5.74) is 0. The summed E-state index contributed by atoms with van der Waals surface area (Å²) in [6, 6.07) is 0.682. The minimum absolute atomic E-state index is 0.682. The van der Waals surface area contributed by atoms with E-state index in [9.17, 15) is 0 Å². The van der Waals surface area contributed by atoms with Gasteiger partial charge in [0.25, 0.3) is 0 Å². The lowest BCUT2D eigenvalue weighted by Gasteiger charge is -2.23. The Morgan fingerprint density at radius 1 is 1.41 bits per heavy atom. The summed E-state index contributed by atoms with van der Waals surface area (Å²) >= 11 is 0. The minimum Gasteiger partial charge on any atom is -0.381 e. The highest BCUT2D eigenvalue weighted by atomic mass is 16.5. The summed E-state index contributed by atoms with van der Waals surface area (Å²) in [6.45, 7) is 9.08. The average Bonchev–Trinajstić information content (AvgIpc) is 2.86. The zero-order valence-electron chi connectivity index (χ0n) is 11.4. The van der Waals surface area contributed by atoms with Crippen molar-refractivity contribution in [3.63, 3.8) is 0 Å². The molecule has 0 aliphatic carbocycles. The van der Waals surface area contributed by atoms with E-state index in [0.29, 0.717) is 6.04 Å². The van der Waals surface area contributed by atoms with E-state index in [1.54, 1.807) is 0 Å². The predicted octanol–water partition coefficient (Wildman–Crippen LogP) is 3.53. The molecule has 0 aromatic rings. The maximum Gasteiger partial charge on any atom is 0.0510 e. The van der Waals surface area contributed by atoms with Crippen molar-refractivity contribution in [1.29, 1.82) is 0 Å². The maximum absolute atomic E-state index is 5.51. The van der Waals surface area contributed by atoms with Crippen molar-refractivity contribution in [3.05, 3.63) is 12.7 Å². The molecular formula is C15H29NO. The van der Waals surface area contributed by atoms with Gasteiger partial charge in [0.2, 0.25) is 0 Å². The molecule has 0 spiro atoms. The Labute approximate surface area is 107 Å². The lowest BCUT2D eigenvalue weighted by Crippen LogP contribution is -2.37. The second-order valence-corrected chi connectivity index (χ2v) is 5.11. The van der Waals surface area contributed by atoms with E-state index in [2.05, 4.69) is 18.8 Å². The third-order valence-electron chi connectivity index (χ3n) is 3.61. The summed E-state index contributed by atoms with van der Waals surface area (Å²) in [5, 5.41) is 3.70. The molecule has 0 aromatic heterocycles. The number of unbranched alkanes of at least 4 members (excludes halogenated alkanes) is 3. The van der Waals surface area contributed by atoms with E-state index in [1.807, 2.05) is 6.08 Å². The highest BCUT2D eigenvalue weighted by molar-refractivity contribution is 4.79. The van der Waals surface area contributed by atoms with Gasteiger partial charge < -0.3 is 10.1 Å². The van der Waals surface area contributed by atoms with E-state index in [4.69, 9.17) is 4.74 Å². The molecule has 2 heteroatoms. The second kappa shape index (κ2) is 9.67. The smallest absolute Gasteiger partial charge is 0.0510 e. The van der Waals surface area contributed by atoms with Gasteiger partial charge in [0.05, 0.1) is 6.61 Å². The molecule has 2 atom stereocenters. The van der Waals surface area contributed by atoms with Crippen LogP contribution in [0.3, 0.4) is 0 Å². The van der Waals surface area contributed by atoms with Crippen LogP contribution < -0.4 is 5.32 Å². The Morgan fingerprint density at radius 2 is 2.29 bits per heavy atom. The van der Waals surface area contributed by atoms with Crippen LogP contribution in [0.5, 0.6) is 0 Å². The molecule has 0 bridgehead atoms. The molecule has 2 unspecified atom stereocenters. The topological polar surface area (TPSA) is 21.3 Å². The summed E-state index contributed by atoms with van der Waals surface area (Å²) in [4.78, 5) is 0. The molecule has 1 saturated heterocycles. The minimum atomic E-state index is 0.682. The van der Waals surface area contributed by atoms with Gasteiger partial charge in [-0.2, -0.15) is 0 Å². The van der Waals surface area contributed by atoms with Gasteiger partial charge >= 0.3 is 0 Å². The Balaban J connectivity index is 2.17. The van der Waals surface area contributed by atoms with Gasteiger partial charge in [0, 0.05) is 12.6 Å². The number of ether oxygens (including phenoxy) is 1. The molecule has 100 valence electrons. The fourth-order valence-corrected chi connectivity index (χ4v) is 2.53. The van der Waals surface area contributed by atoms with Crippen LogP contribution in [0.2, 0.25) is 0 Å². The van der Waals surface area contributed by atoms with Crippen molar-refractivity contribution >= 4 is 0 Å². The van der Waals surface area contributed by atoms with E-state index in [0.717, 1.165) is 25.7 Å². The third-order valence-corrected chi connectivity index (χ3v) is 3.61. The first-order valence-electron chi connectivity index (χ1n) is 7.30. The molecule has 1 heterocycles. The molecule has 0 radical (unpaired) electrons. The summed E-state index contributed by atoms with van der Waals surface area (Å²) in [6.07, 6.45) is 10.9. The zero-order valence-corrected chi connectivity index (χ0v) is 11.4. The quantitative estimate of drug-likeness (QED) is 0.465. The lowest BCUT2D eigenvalue weighted by molar-refractivity contribution is 0.174. The van der Waals surface area contributed by atoms with Gasteiger partial charge in [-0.25, -0.2) is 0 Å². The van der Waals surface area contributed by atoms with Gasteiger partial charge in [-0.1, -0.05) is 25.8 Å². The Kier molecular flexibility index (Phi) is 8.37. The van der Waals surface area contributed by atoms with Gasteiger partial charge in [0.1, 0.15) is 0 Å². The first-order valence-corrected chi connectivity index (χ1v) is 7.30. The van der Waals surface area contributed by atoms with Crippen LogP contribution >= 0.6 is 0 Å². The van der Waals surface area contributed by atoms with Gasteiger partial charge in [0.15, 0.2) is 0 Å². The average molecular weight is 239 g/mol. The maximum atomic E-state index is 5.51. The van der Waals surface area contributed by atoms with Crippen LogP contribution in [0.1, 0.15) is 51.9 Å². The second-order valence-electron chi connectivity index (χ2n) is 5.11. The molecule has 1 rings (SSSR count). The largest absolute Gasteiger partial charge is 0.381 e. The third kappa shape index (κ3) is 6.23. The van der Waals surface area contributed by atoms with Crippen molar-refractivity contribution in [3.8, 4) is 0 Å². The monoisotopic (exact) mass is 239 g/mol. The van der Waals surface area contributed by atoms with E-state index in [1.165, 1.54) is 44.9 Å². The summed E-state index contributed by atoms with van der Waals surface area (Å²) < 4.78 is 5.51. The molecule has 2 nitrogen and oxygen atoms in total. The predicted molar refractivity (Wildman–Crippen MR) is 74.3 cm³/mol. The fourth-order valence-electron chi connectivity index (χ4n) is 2.53. The molecule has 1 aliphatic rings. The molecule has 0 aromatic carbocycles.